The zero-order valence-electron chi connectivity index (χ0n) is 13.7. The van der Waals surface area contributed by atoms with E-state index in [0.29, 0.717) is 29.7 Å². The molecule has 0 saturated carbocycles. The third-order valence-corrected chi connectivity index (χ3v) is 3.72. The Morgan fingerprint density at radius 1 is 1.21 bits per heavy atom. The molecular weight excluding hydrogens is 439 g/mol. The molecule has 3 N–H and O–H groups in total. The highest BCUT2D eigenvalue weighted by Gasteiger charge is 2.11. The molecule has 0 unspecified atom stereocenters. The third kappa shape index (κ3) is 7.09. The lowest BCUT2D eigenvalue weighted by Gasteiger charge is -2.16. The monoisotopic (exact) mass is 462 g/mol. The number of carbonyl (C=O) groups excluding carboxylic acids is 1. The minimum absolute atomic E-state index is 0. The van der Waals surface area contributed by atoms with Gasteiger partial charge in [0, 0.05) is 29.7 Å². The van der Waals surface area contributed by atoms with Crippen LogP contribution >= 0.6 is 35.6 Å². The lowest BCUT2D eigenvalue weighted by molar-refractivity contribution is 0.0955. The van der Waals surface area contributed by atoms with Gasteiger partial charge in [-0.15, -0.1) is 24.0 Å². The van der Waals surface area contributed by atoms with Crippen molar-refractivity contribution in [3.05, 3.63) is 47.0 Å². The number of halogens is 2. The molecule has 24 heavy (non-hydrogen) atoms. The predicted octanol–water partition coefficient (Wildman–Crippen LogP) is 2.96. The Morgan fingerprint density at radius 2 is 1.88 bits per heavy atom. The summed E-state index contributed by atoms with van der Waals surface area (Å²) in [7, 11) is 0. The molecule has 0 fully saturated rings. The Hall–Kier alpha value is -1.28. The standard InChI is InChI=1S/C17H23ClN4O.HI/c1-2-19-17(22-15-5-3-4-6-15)21-12-11-20-16(23)13-7-9-14(18)10-8-13;/h3-4,7-10,15H,2,5-6,11-12H2,1H3,(H,20,23)(H2,19,21,22);1H. The maximum absolute atomic E-state index is 12.0. The van der Waals surface area contributed by atoms with Gasteiger partial charge in [0.25, 0.3) is 5.91 Å². The normalized spacial score (nSPS) is 14.2. The van der Waals surface area contributed by atoms with Crippen LogP contribution in [0.15, 0.2) is 41.4 Å². The van der Waals surface area contributed by atoms with Crippen LogP contribution in [0, 0.1) is 0 Å². The third-order valence-electron chi connectivity index (χ3n) is 3.47. The molecule has 0 aromatic heterocycles. The van der Waals surface area contributed by atoms with E-state index in [0.717, 1.165) is 25.3 Å². The number of carbonyl (C=O) groups is 1. The second kappa shape index (κ2) is 11.3. The van der Waals surface area contributed by atoms with Crippen LogP contribution in [0.3, 0.4) is 0 Å². The zero-order valence-corrected chi connectivity index (χ0v) is 16.8. The Balaban J connectivity index is 0.00000288. The molecule has 7 heteroatoms. The van der Waals surface area contributed by atoms with Gasteiger partial charge in [0.05, 0.1) is 6.54 Å². The van der Waals surface area contributed by atoms with Crippen molar-refractivity contribution in [1.29, 1.82) is 0 Å². The number of guanidine groups is 1. The van der Waals surface area contributed by atoms with E-state index in [1.165, 1.54) is 0 Å². The van der Waals surface area contributed by atoms with Crippen LogP contribution < -0.4 is 16.0 Å². The highest BCUT2D eigenvalue weighted by atomic mass is 127. The maximum atomic E-state index is 12.0. The summed E-state index contributed by atoms with van der Waals surface area (Å²) < 4.78 is 0. The van der Waals surface area contributed by atoms with E-state index in [4.69, 9.17) is 11.6 Å². The lowest BCUT2D eigenvalue weighted by atomic mass is 10.2. The first-order valence-corrected chi connectivity index (χ1v) is 8.30. The highest BCUT2D eigenvalue weighted by Crippen LogP contribution is 2.09. The number of aliphatic imine (C=N–C) groups is 1. The first kappa shape index (κ1) is 20.8. The summed E-state index contributed by atoms with van der Waals surface area (Å²) in [5, 5.41) is 10.1. The molecule has 1 aliphatic rings. The van der Waals surface area contributed by atoms with Gasteiger partial charge in [0.15, 0.2) is 5.96 Å². The molecule has 0 radical (unpaired) electrons. The van der Waals surface area contributed by atoms with Crippen molar-refractivity contribution in [2.75, 3.05) is 19.6 Å². The fraction of sp³-hybridized carbons (Fsp3) is 0.412. The fourth-order valence-corrected chi connectivity index (χ4v) is 2.41. The molecule has 2 rings (SSSR count). The van der Waals surface area contributed by atoms with Crippen molar-refractivity contribution in [3.8, 4) is 0 Å². The van der Waals surface area contributed by atoms with Crippen molar-refractivity contribution < 1.29 is 4.79 Å². The molecule has 1 aromatic carbocycles. The first-order valence-electron chi connectivity index (χ1n) is 7.92. The Bertz CT molecular complexity index is 566. The van der Waals surface area contributed by atoms with E-state index in [1.54, 1.807) is 24.3 Å². The topological polar surface area (TPSA) is 65.5 Å². The molecule has 1 aliphatic carbocycles. The Morgan fingerprint density at radius 3 is 2.50 bits per heavy atom. The number of hydrogen-bond donors (Lipinski definition) is 3. The van der Waals surface area contributed by atoms with Crippen LogP contribution in [0.4, 0.5) is 0 Å². The highest BCUT2D eigenvalue weighted by molar-refractivity contribution is 14.0. The van der Waals surface area contributed by atoms with E-state index in [-0.39, 0.29) is 29.9 Å². The van der Waals surface area contributed by atoms with Crippen LogP contribution in [0.2, 0.25) is 5.02 Å². The van der Waals surface area contributed by atoms with Crippen LogP contribution in [-0.4, -0.2) is 37.5 Å². The zero-order chi connectivity index (χ0) is 16.5. The van der Waals surface area contributed by atoms with Gasteiger partial charge in [0.1, 0.15) is 0 Å². The number of rotatable bonds is 6. The summed E-state index contributed by atoms with van der Waals surface area (Å²) >= 11 is 5.81. The maximum Gasteiger partial charge on any atom is 0.251 e. The summed E-state index contributed by atoms with van der Waals surface area (Å²) in [6, 6.07) is 7.24. The van der Waals surface area contributed by atoms with E-state index in [1.807, 2.05) is 6.92 Å². The van der Waals surface area contributed by atoms with Gasteiger partial charge >= 0.3 is 0 Å². The SMILES string of the molecule is CCNC(=NCCNC(=O)c1ccc(Cl)cc1)NC1CC=CC1.I. The number of nitrogens with zero attached hydrogens (tertiary/aromatic N) is 1. The molecule has 0 atom stereocenters. The average Bonchev–Trinajstić information content (AvgIpc) is 3.05. The molecule has 1 aromatic rings. The summed E-state index contributed by atoms with van der Waals surface area (Å²) in [6.07, 6.45) is 6.40. The van der Waals surface area contributed by atoms with E-state index >= 15 is 0 Å². The second-order valence-corrected chi connectivity index (χ2v) is 5.74. The largest absolute Gasteiger partial charge is 0.357 e. The molecule has 5 nitrogen and oxygen atoms in total. The molecule has 0 spiro atoms. The minimum Gasteiger partial charge on any atom is -0.357 e. The van der Waals surface area contributed by atoms with Gasteiger partial charge in [-0.3, -0.25) is 9.79 Å². The van der Waals surface area contributed by atoms with Crippen LogP contribution in [-0.2, 0) is 0 Å². The quantitative estimate of drug-likeness (QED) is 0.200. The van der Waals surface area contributed by atoms with Crippen molar-refractivity contribution in [2.45, 2.75) is 25.8 Å². The number of hydrogen-bond acceptors (Lipinski definition) is 2. The van der Waals surface area contributed by atoms with Crippen LogP contribution in [0.25, 0.3) is 0 Å². The second-order valence-electron chi connectivity index (χ2n) is 5.31. The summed E-state index contributed by atoms with van der Waals surface area (Å²) in [6.45, 7) is 3.85. The molecule has 0 aliphatic heterocycles. The molecule has 132 valence electrons. The molecular formula is C17H24ClIN4O. The van der Waals surface area contributed by atoms with Gasteiger partial charge in [-0.1, -0.05) is 23.8 Å². The summed E-state index contributed by atoms with van der Waals surface area (Å²) in [4.78, 5) is 16.5. The van der Waals surface area contributed by atoms with Crippen LogP contribution in [0.5, 0.6) is 0 Å². The minimum atomic E-state index is -0.116. The van der Waals surface area contributed by atoms with Crippen molar-refractivity contribution >= 4 is 47.4 Å². The van der Waals surface area contributed by atoms with Gasteiger partial charge < -0.3 is 16.0 Å². The predicted molar refractivity (Wildman–Crippen MR) is 110 cm³/mol. The van der Waals surface area contributed by atoms with Crippen molar-refractivity contribution in [1.82, 2.24) is 16.0 Å². The van der Waals surface area contributed by atoms with Crippen molar-refractivity contribution in [3.63, 3.8) is 0 Å². The van der Waals surface area contributed by atoms with Gasteiger partial charge in [-0.2, -0.15) is 0 Å². The molecule has 0 saturated heterocycles. The van der Waals surface area contributed by atoms with Gasteiger partial charge in [0.2, 0.25) is 0 Å². The van der Waals surface area contributed by atoms with E-state index < -0.39 is 0 Å². The summed E-state index contributed by atoms with van der Waals surface area (Å²) in [5.41, 5.74) is 0.598. The Labute approximate surface area is 165 Å². The molecule has 1 amide bonds. The summed E-state index contributed by atoms with van der Waals surface area (Å²) in [5.74, 6) is 0.678. The lowest BCUT2D eigenvalue weighted by Crippen LogP contribution is -2.43. The van der Waals surface area contributed by atoms with E-state index in [9.17, 15) is 4.79 Å². The van der Waals surface area contributed by atoms with Crippen LogP contribution in [0.1, 0.15) is 30.1 Å². The first-order chi connectivity index (χ1) is 11.2. The molecule has 0 heterocycles. The van der Waals surface area contributed by atoms with Gasteiger partial charge in [-0.25, -0.2) is 0 Å². The van der Waals surface area contributed by atoms with Crippen molar-refractivity contribution in [2.24, 2.45) is 4.99 Å². The average molecular weight is 463 g/mol. The van der Waals surface area contributed by atoms with E-state index in [2.05, 4.69) is 33.1 Å². The smallest absolute Gasteiger partial charge is 0.251 e. The fourth-order valence-electron chi connectivity index (χ4n) is 2.29. The van der Waals surface area contributed by atoms with Gasteiger partial charge in [-0.05, 0) is 44.0 Å². The number of amides is 1. The number of benzene rings is 1. The molecule has 0 bridgehead atoms. The number of nitrogens with one attached hydrogen (secondary N) is 3. The Kier molecular flexibility index (Phi) is 9.78.